The lowest BCUT2D eigenvalue weighted by atomic mass is 9.97. The van der Waals surface area contributed by atoms with Crippen LogP contribution in [0.5, 0.6) is 0 Å². The van der Waals surface area contributed by atoms with E-state index in [0.29, 0.717) is 18.6 Å². The van der Waals surface area contributed by atoms with Crippen LogP contribution in [0.1, 0.15) is 44.8 Å². The molecule has 112 valence electrons. The molecule has 20 heavy (non-hydrogen) atoms. The van der Waals surface area contributed by atoms with Gasteiger partial charge in [-0.15, -0.1) is 0 Å². The lowest BCUT2D eigenvalue weighted by Gasteiger charge is -2.32. The van der Waals surface area contributed by atoms with Crippen LogP contribution in [0.4, 0.5) is 5.69 Å². The largest absolute Gasteiger partial charge is 0.396 e. The van der Waals surface area contributed by atoms with E-state index in [0.717, 1.165) is 44.6 Å². The molecule has 1 fully saturated rings. The van der Waals surface area contributed by atoms with Crippen LogP contribution in [-0.4, -0.2) is 36.3 Å². The van der Waals surface area contributed by atoms with Gasteiger partial charge in [0.15, 0.2) is 0 Å². The van der Waals surface area contributed by atoms with Crippen molar-refractivity contribution in [2.75, 3.05) is 31.1 Å². The third-order valence-electron chi connectivity index (χ3n) is 4.22. The molecule has 0 amide bonds. The van der Waals surface area contributed by atoms with Crippen molar-refractivity contribution >= 4 is 5.69 Å². The van der Waals surface area contributed by atoms with Crippen molar-refractivity contribution in [3.8, 4) is 0 Å². The molecular formula is C16H27N3O. The van der Waals surface area contributed by atoms with Gasteiger partial charge in [0, 0.05) is 25.7 Å². The Morgan fingerprint density at radius 3 is 2.60 bits per heavy atom. The Kier molecular flexibility index (Phi) is 5.80. The molecule has 1 aliphatic heterocycles. The van der Waals surface area contributed by atoms with Gasteiger partial charge in [0.25, 0.3) is 0 Å². The fourth-order valence-electron chi connectivity index (χ4n) is 2.87. The van der Waals surface area contributed by atoms with Crippen molar-refractivity contribution in [3.05, 3.63) is 24.0 Å². The summed E-state index contributed by atoms with van der Waals surface area (Å²) in [4.78, 5) is 7.00. The highest BCUT2D eigenvalue weighted by Crippen LogP contribution is 2.23. The highest BCUT2D eigenvalue weighted by atomic mass is 16.3. The number of aliphatic hydroxyl groups excluding tert-OH is 1. The Morgan fingerprint density at radius 2 is 2.10 bits per heavy atom. The van der Waals surface area contributed by atoms with Gasteiger partial charge >= 0.3 is 0 Å². The maximum atomic E-state index is 9.19. The van der Waals surface area contributed by atoms with Gasteiger partial charge in [-0.1, -0.05) is 13.8 Å². The van der Waals surface area contributed by atoms with E-state index < -0.39 is 0 Å². The first-order valence-electron chi connectivity index (χ1n) is 7.83. The molecule has 4 nitrogen and oxygen atoms in total. The summed E-state index contributed by atoms with van der Waals surface area (Å²) in [6.45, 7) is 7.65. The number of rotatable bonds is 6. The number of anilines is 1. The number of aromatic nitrogens is 1. The SMILES string of the molecule is CCNC(CC)c1ccc(N2CCC(CO)CC2)cn1. The lowest BCUT2D eigenvalue weighted by molar-refractivity contribution is 0.203. The van der Waals surface area contributed by atoms with Crippen LogP contribution in [-0.2, 0) is 0 Å². The molecule has 0 aromatic carbocycles. The molecule has 4 heteroatoms. The smallest absolute Gasteiger partial charge is 0.0574 e. The first-order valence-corrected chi connectivity index (χ1v) is 7.83. The minimum atomic E-state index is 0.325. The van der Waals surface area contributed by atoms with E-state index in [1.807, 2.05) is 6.20 Å². The Hall–Kier alpha value is -1.13. The van der Waals surface area contributed by atoms with Crippen LogP contribution in [0.3, 0.4) is 0 Å². The van der Waals surface area contributed by atoms with Gasteiger partial charge in [0.1, 0.15) is 0 Å². The number of pyridine rings is 1. The third kappa shape index (κ3) is 3.70. The average molecular weight is 277 g/mol. The summed E-state index contributed by atoms with van der Waals surface area (Å²) in [7, 11) is 0. The van der Waals surface area contributed by atoms with E-state index in [4.69, 9.17) is 0 Å². The van der Waals surface area contributed by atoms with Crippen LogP contribution < -0.4 is 10.2 Å². The molecule has 0 saturated carbocycles. The van der Waals surface area contributed by atoms with Crippen LogP contribution in [0.2, 0.25) is 0 Å². The molecule has 0 spiro atoms. The highest BCUT2D eigenvalue weighted by molar-refractivity contribution is 5.45. The zero-order valence-electron chi connectivity index (χ0n) is 12.7. The summed E-state index contributed by atoms with van der Waals surface area (Å²) in [5.41, 5.74) is 2.33. The molecule has 2 rings (SSSR count). The Morgan fingerprint density at radius 1 is 1.35 bits per heavy atom. The van der Waals surface area contributed by atoms with Gasteiger partial charge in [0.05, 0.1) is 17.6 Å². The summed E-state index contributed by atoms with van der Waals surface area (Å²) < 4.78 is 0. The number of hydrogen-bond donors (Lipinski definition) is 2. The molecular weight excluding hydrogens is 250 g/mol. The van der Waals surface area contributed by atoms with E-state index in [1.165, 1.54) is 5.69 Å². The van der Waals surface area contributed by atoms with Crippen molar-refractivity contribution in [2.24, 2.45) is 5.92 Å². The van der Waals surface area contributed by atoms with E-state index >= 15 is 0 Å². The molecule has 2 heterocycles. The average Bonchev–Trinajstić information content (AvgIpc) is 2.53. The van der Waals surface area contributed by atoms with Crippen LogP contribution in [0.25, 0.3) is 0 Å². The summed E-state index contributed by atoms with van der Waals surface area (Å²) in [6.07, 6.45) is 5.21. The molecule has 2 N–H and O–H groups in total. The molecule has 0 radical (unpaired) electrons. The topological polar surface area (TPSA) is 48.4 Å². The normalized spacial score (nSPS) is 18.2. The predicted octanol–water partition coefficient (Wildman–Crippen LogP) is 2.35. The zero-order chi connectivity index (χ0) is 14.4. The highest BCUT2D eigenvalue weighted by Gasteiger charge is 2.19. The molecule has 1 aromatic rings. The second-order valence-corrected chi connectivity index (χ2v) is 5.57. The third-order valence-corrected chi connectivity index (χ3v) is 4.22. The Balaban J connectivity index is 1.97. The number of piperidine rings is 1. The number of hydrogen-bond acceptors (Lipinski definition) is 4. The van der Waals surface area contributed by atoms with Crippen molar-refractivity contribution in [2.45, 2.75) is 39.2 Å². The molecule has 1 unspecified atom stereocenters. The minimum Gasteiger partial charge on any atom is -0.396 e. The lowest BCUT2D eigenvalue weighted by Crippen LogP contribution is -2.34. The van der Waals surface area contributed by atoms with Gasteiger partial charge in [-0.05, 0) is 43.9 Å². The summed E-state index contributed by atoms with van der Waals surface area (Å²) >= 11 is 0. The molecule has 1 saturated heterocycles. The maximum Gasteiger partial charge on any atom is 0.0574 e. The second-order valence-electron chi connectivity index (χ2n) is 5.57. The van der Waals surface area contributed by atoms with E-state index in [1.54, 1.807) is 0 Å². The minimum absolute atomic E-state index is 0.325. The molecule has 0 bridgehead atoms. The fourth-order valence-corrected chi connectivity index (χ4v) is 2.87. The standard InChI is InChI=1S/C16H27N3O/c1-3-15(17-4-2)16-6-5-14(11-18-16)19-9-7-13(12-20)8-10-19/h5-6,11,13,15,17,20H,3-4,7-10,12H2,1-2H3. The summed E-state index contributed by atoms with van der Waals surface area (Å²) in [6, 6.07) is 4.68. The first-order chi connectivity index (χ1) is 9.78. The number of aliphatic hydroxyl groups is 1. The van der Waals surface area contributed by atoms with Gasteiger partial charge in [0.2, 0.25) is 0 Å². The summed E-state index contributed by atoms with van der Waals surface area (Å²) in [5, 5.41) is 12.6. The van der Waals surface area contributed by atoms with E-state index in [9.17, 15) is 5.11 Å². The molecule has 1 aromatic heterocycles. The van der Waals surface area contributed by atoms with Crippen LogP contribution >= 0.6 is 0 Å². The fraction of sp³-hybridized carbons (Fsp3) is 0.688. The predicted molar refractivity (Wildman–Crippen MR) is 83.0 cm³/mol. The Labute approximate surface area is 122 Å². The quantitative estimate of drug-likeness (QED) is 0.838. The molecule has 0 aliphatic carbocycles. The van der Waals surface area contributed by atoms with Crippen molar-refractivity contribution in [1.29, 1.82) is 0 Å². The van der Waals surface area contributed by atoms with E-state index in [2.05, 4.69) is 41.2 Å². The van der Waals surface area contributed by atoms with E-state index in [-0.39, 0.29) is 0 Å². The van der Waals surface area contributed by atoms with Crippen LogP contribution in [0, 0.1) is 5.92 Å². The van der Waals surface area contributed by atoms with Gasteiger partial charge in [-0.3, -0.25) is 4.98 Å². The zero-order valence-corrected chi connectivity index (χ0v) is 12.7. The van der Waals surface area contributed by atoms with Crippen molar-refractivity contribution < 1.29 is 5.11 Å². The Bertz CT molecular complexity index is 385. The van der Waals surface area contributed by atoms with Gasteiger partial charge in [-0.2, -0.15) is 0 Å². The first kappa shape index (κ1) is 15.3. The second kappa shape index (κ2) is 7.60. The summed E-state index contributed by atoms with van der Waals surface area (Å²) in [5.74, 6) is 0.483. The number of nitrogens with zero attached hydrogens (tertiary/aromatic N) is 2. The van der Waals surface area contributed by atoms with Gasteiger partial charge in [-0.25, -0.2) is 0 Å². The van der Waals surface area contributed by atoms with Crippen molar-refractivity contribution in [3.63, 3.8) is 0 Å². The molecule has 1 aliphatic rings. The maximum absolute atomic E-state index is 9.19. The number of nitrogens with one attached hydrogen (secondary N) is 1. The van der Waals surface area contributed by atoms with Crippen LogP contribution in [0.15, 0.2) is 18.3 Å². The monoisotopic (exact) mass is 277 g/mol. The van der Waals surface area contributed by atoms with Gasteiger partial charge < -0.3 is 15.3 Å². The molecule has 1 atom stereocenters. The van der Waals surface area contributed by atoms with Crippen molar-refractivity contribution in [1.82, 2.24) is 10.3 Å².